The van der Waals surface area contributed by atoms with Crippen LogP contribution in [0.15, 0.2) is 10.3 Å². The molecule has 1 fully saturated rings. The molecule has 19 heavy (non-hydrogen) atoms. The molecule has 2 heterocycles. The number of aliphatic hydroxyl groups is 1. The van der Waals surface area contributed by atoms with Crippen molar-refractivity contribution >= 4 is 27.3 Å². The smallest absolute Gasteiger partial charge is 0.346 e. The third-order valence-corrected chi connectivity index (χ3v) is 6.81. The average Bonchev–Trinajstić information content (AvgIpc) is 2.94. The number of sulfonamides is 1. The van der Waals surface area contributed by atoms with Gasteiger partial charge in [-0.2, -0.15) is 4.31 Å². The predicted molar refractivity (Wildman–Crippen MR) is 70.0 cm³/mol. The van der Waals surface area contributed by atoms with E-state index in [9.17, 15) is 18.3 Å². The number of hydrogen-bond donors (Lipinski definition) is 2. The minimum Gasteiger partial charge on any atom is -0.477 e. The molecule has 106 valence electrons. The molecular formula is C11H15NO5S2. The second-order valence-electron chi connectivity index (χ2n) is 4.48. The van der Waals surface area contributed by atoms with Crippen LogP contribution in [0, 0.1) is 6.92 Å². The first kappa shape index (κ1) is 14.4. The third-order valence-electron chi connectivity index (χ3n) is 3.19. The van der Waals surface area contributed by atoms with Crippen molar-refractivity contribution in [2.75, 3.05) is 13.2 Å². The fourth-order valence-electron chi connectivity index (χ4n) is 2.22. The molecule has 1 aliphatic rings. The van der Waals surface area contributed by atoms with Gasteiger partial charge in [0.1, 0.15) is 9.09 Å². The summed E-state index contributed by atoms with van der Waals surface area (Å²) in [5, 5.41) is 18.2. The summed E-state index contributed by atoms with van der Waals surface area (Å²) in [6, 6.07) is 0.983. The molecule has 1 aromatic rings. The van der Waals surface area contributed by atoms with E-state index in [1.54, 1.807) is 6.92 Å². The van der Waals surface area contributed by atoms with E-state index in [4.69, 9.17) is 5.11 Å². The van der Waals surface area contributed by atoms with Crippen LogP contribution in [0.25, 0.3) is 0 Å². The van der Waals surface area contributed by atoms with Crippen LogP contribution in [0.5, 0.6) is 0 Å². The zero-order chi connectivity index (χ0) is 14.2. The van der Waals surface area contributed by atoms with Crippen LogP contribution in [-0.2, 0) is 10.0 Å². The van der Waals surface area contributed by atoms with Gasteiger partial charge in [-0.25, -0.2) is 13.2 Å². The maximum Gasteiger partial charge on any atom is 0.346 e. The number of aromatic carboxylic acids is 1. The molecule has 0 unspecified atom stereocenters. The summed E-state index contributed by atoms with van der Waals surface area (Å²) in [6.07, 6.45) is 1.34. The van der Waals surface area contributed by atoms with E-state index in [2.05, 4.69) is 0 Å². The Labute approximate surface area is 115 Å². The molecule has 0 spiro atoms. The Hall–Kier alpha value is -0.960. The summed E-state index contributed by atoms with van der Waals surface area (Å²) in [6.45, 7) is 1.73. The highest BCUT2D eigenvalue weighted by Crippen LogP contribution is 2.32. The van der Waals surface area contributed by atoms with Gasteiger partial charge in [0.2, 0.25) is 0 Å². The molecule has 2 N–H and O–H groups in total. The van der Waals surface area contributed by atoms with Crippen LogP contribution in [0.2, 0.25) is 0 Å². The van der Waals surface area contributed by atoms with Crippen molar-refractivity contribution in [3.8, 4) is 0 Å². The third kappa shape index (κ3) is 2.53. The number of rotatable bonds is 4. The van der Waals surface area contributed by atoms with Gasteiger partial charge in [-0.1, -0.05) is 0 Å². The van der Waals surface area contributed by atoms with Gasteiger partial charge in [0, 0.05) is 12.6 Å². The number of carboxylic acid groups (broad SMARTS) is 1. The molecule has 0 amide bonds. The Morgan fingerprint density at radius 1 is 1.58 bits per heavy atom. The second kappa shape index (κ2) is 5.20. The van der Waals surface area contributed by atoms with Crippen LogP contribution < -0.4 is 0 Å². The first-order valence-electron chi connectivity index (χ1n) is 5.84. The summed E-state index contributed by atoms with van der Waals surface area (Å²) in [7, 11) is -3.71. The van der Waals surface area contributed by atoms with Gasteiger partial charge in [-0.3, -0.25) is 0 Å². The highest BCUT2D eigenvalue weighted by molar-refractivity contribution is 7.91. The number of hydrogen-bond acceptors (Lipinski definition) is 5. The Balaban J connectivity index is 2.40. The highest BCUT2D eigenvalue weighted by atomic mass is 32.2. The van der Waals surface area contributed by atoms with Gasteiger partial charge in [-0.15, -0.1) is 11.3 Å². The van der Waals surface area contributed by atoms with Crippen molar-refractivity contribution in [3.63, 3.8) is 0 Å². The fraction of sp³-hybridized carbons (Fsp3) is 0.545. The molecule has 0 radical (unpaired) electrons. The zero-order valence-electron chi connectivity index (χ0n) is 10.4. The van der Waals surface area contributed by atoms with E-state index in [1.807, 2.05) is 0 Å². The van der Waals surface area contributed by atoms with E-state index in [0.29, 0.717) is 24.9 Å². The fourth-order valence-corrected chi connectivity index (χ4v) is 5.41. The molecule has 2 rings (SSSR count). The normalized spacial score (nSPS) is 20.8. The lowest BCUT2D eigenvalue weighted by Gasteiger charge is -2.21. The standard InChI is InChI=1S/C11H15NO5S2/c1-7-5-9(18-10(7)11(14)15)19(16,17)12-4-2-3-8(12)6-13/h5,8,13H,2-4,6H2,1H3,(H,14,15)/t8-/m1/s1. The van der Waals surface area contributed by atoms with Crippen LogP contribution in [-0.4, -0.2) is 48.1 Å². The lowest BCUT2D eigenvalue weighted by Crippen LogP contribution is -2.37. The molecule has 1 aliphatic heterocycles. The molecular weight excluding hydrogens is 290 g/mol. The maximum atomic E-state index is 12.4. The number of aryl methyl sites for hydroxylation is 1. The van der Waals surface area contributed by atoms with Crippen molar-refractivity contribution in [2.45, 2.75) is 30.0 Å². The van der Waals surface area contributed by atoms with Gasteiger partial charge in [0.15, 0.2) is 0 Å². The van der Waals surface area contributed by atoms with E-state index in [1.165, 1.54) is 10.4 Å². The predicted octanol–water partition coefficient (Wildman–Crippen LogP) is 0.900. The van der Waals surface area contributed by atoms with Crippen LogP contribution in [0.4, 0.5) is 0 Å². The molecule has 6 nitrogen and oxygen atoms in total. The monoisotopic (exact) mass is 305 g/mol. The average molecular weight is 305 g/mol. The molecule has 1 saturated heterocycles. The minimum absolute atomic E-state index is 0.0303. The van der Waals surface area contributed by atoms with Gasteiger partial charge in [-0.05, 0) is 31.4 Å². The summed E-state index contributed by atoms with van der Waals surface area (Å²) in [5.41, 5.74) is 0.441. The lowest BCUT2D eigenvalue weighted by molar-refractivity contribution is 0.0701. The molecule has 1 atom stereocenters. The number of thiophene rings is 1. The summed E-state index contributed by atoms with van der Waals surface area (Å²) >= 11 is 0.763. The first-order valence-corrected chi connectivity index (χ1v) is 8.10. The maximum absolute atomic E-state index is 12.4. The van der Waals surface area contributed by atoms with Gasteiger partial charge in [0.25, 0.3) is 10.0 Å². The van der Waals surface area contributed by atoms with Crippen LogP contribution >= 0.6 is 11.3 Å². The zero-order valence-corrected chi connectivity index (χ0v) is 12.0. The largest absolute Gasteiger partial charge is 0.477 e. The highest BCUT2D eigenvalue weighted by Gasteiger charge is 2.36. The Kier molecular flexibility index (Phi) is 3.95. The summed E-state index contributed by atoms with van der Waals surface area (Å²) in [5.74, 6) is -1.12. The van der Waals surface area contributed by atoms with Gasteiger partial charge < -0.3 is 10.2 Å². The van der Waals surface area contributed by atoms with Crippen LogP contribution in [0.3, 0.4) is 0 Å². The van der Waals surface area contributed by atoms with E-state index < -0.39 is 22.0 Å². The number of aliphatic hydroxyl groups excluding tert-OH is 1. The molecule has 0 bridgehead atoms. The molecule has 0 aliphatic carbocycles. The van der Waals surface area contributed by atoms with E-state index in [-0.39, 0.29) is 15.7 Å². The van der Waals surface area contributed by atoms with E-state index >= 15 is 0 Å². The van der Waals surface area contributed by atoms with E-state index in [0.717, 1.165) is 11.3 Å². The summed E-state index contributed by atoms with van der Waals surface area (Å²) < 4.78 is 26.1. The molecule has 1 aromatic heterocycles. The van der Waals surface area contributed by atoms with Gasteiger partial charge in [0.05, 0.1) is 6.61 Å². The Bertz CT molecular complexity index is 592. The molecule has 8 heteroatoms. The van der Waals surface area contributed by atoms with Crippen molar-refractivity contribution in [1.82, 2.24) is 4.31 Å². The Morgan fingerprint density at radius 2 is 2.26 bits per heavy atom. The molecule has 0 aromatic carbocycles. The molecule has 0 saturated carbocycles. The van der Waals surface area contributed by atoms with Crippen molar-refractivity contribution in [1.29, 1.82) is 0 Å². The number of carboxylic acids is 1. The number of carbonyl (C=O) groups is 1. The minimum atomic E-state index is -3.71. The van der Waals surface area contributed by atoms with Crippen molar-refractivity contribution in [2.24, 2.45) is 0 Å². The SMILES string of the molecule is Cc1cc(S(=O)(=O)N2CCC[C@@H]2CO)sc1C(=O)O. The Morgan fingerprint density at radius 3 is 2.79 bits per heavy atom. The van der Waals surface area contributed by atoms with Crippen molar-refractivity contribution < 1.29 is 23.4 Å². The lowest BCUT2D eigenvalue weighted by atomic mass is 10.2. The summed E-state index contributed by atoms with van der Waals surface area (Å²) in [4.78, 5) is 11.0. The first-order chi connectivity index (χ1) is 8.87. The quantitative estimate of drug-likeness (QED) is 0.862. The van der Waals surface area contributed by atoms with Crippen molar-refractivity contribution in [3.05, 3.63) is 16.5 Å². The van der Waals surface area contributed by atoms with Gasteiger partial charge >= 0.3 is 5.97 Å². The number of nitrogens with zero attached hydrogens (tertiary/aromatic N) is 1. The topological polar surface area (TPSA) is 94.9 Å². The second-order valence-corrected chi connectivity index (χ2v) is 7.65. The van der Waals surface area contributed by atoms with Crippen LogP contribution in [0.1, 0.15) is 28.1 Å².